The molecular formula is C17H15N3O6. The number of imide groups is 1. The molecule has 1 fully saturated rings. The van der Waals surface area contributed by atoms with Gasteiger partial charge in [0.15, 0.2) is 0 Å². The highest BCUT2D eigenvalue weighted by Crippen LogP contribution is 2.32. The van der Waals surface area contributed by atoms with Gasteiger partial charge in [-0.1, -0.05) is 0 Å². The first-order valence-corrected chi connectivity index (χ1v) is 7.68. The number of carbonyl (C=O) groups excluding carboxylic acids is 2. The van der Waals surface area contributed by atoms with Gasteiger partial charge in [0.25, 0.3) is 11.6 Å². The normalized spacial score (nSPS) is 16.8. The van der Waals surface area contributed by atoms with Gasteiger partial charge in [0, 0.05) is 6.07 Å². The number of hydrogen-bond donors (Lipinski definition) is 3. The summed E-state index contributed by atoms with van der Waals surface area (Å²) in [4.78, 5) is 36.0. The topological polar surface area (TPSA) is 133 Å². The highest BCUT2D eigenvalue weighted by Gasteiger charge is 2.40. The Morgan fingerprint density at radius 1 is 1.19 bits per heavy atom. The number of carbonyl (C=O) groups is 2. The van der Waals surface area contributed by atoms with Crippen molar-refractivity contribution >= 4 is 28.9 Å². The molecule has 2 aromatic rings. The van der Waals surface area contributed by atoms with Crippen molar-refractivity contribution in [3.8, 4) is 11.5 Å². The molecule has 3 rings (SSSR count). The van der Waals surface area contributed by atoms with E-state index in [0.29, 0.717) is 11.3 Å². The second kappa shape index (κ2) is 6.36. The molecule has 0 saturated carbocycles. The molecule has 0 aliphatic carbocycles. The maximum Gasteiger partial charge on any atom is 0.273 e. The molecule has 0 aromatic heterocycles. The third-order valence-electron chi connectivity index (χ3n) is 4.09. The van der Waals surface area contributed by atoms with Crippen LogP contribution in [0.5, 0.6) is 11.5 Å². The van der Waals surface area contributed by atoms with Crippen LogP contribution in [0.1, 0.15) is 12.0 Å². The number of phenolic OH excluding ortho intramolecular Hbond substituents is 2. The van der Waals surface area contributed by atoms with Crippen LogP contribution in [0.2, 0.25) is 0 Å². The van der Waals surface area contributed by atoms with Gasteiger partial charge in [0.05, 0.1) is 28.8 Å². The summed E-state index contributed by atoms with van der Waals surface area (Å²) in [7, 11) is 0. The second-order valence-electron chi connectivity index (χ2n) is 5.90. The van der Waals surface area contributed by atoms with Gasteiger partial charge in [0.2, 0.25) is 5.91 Å². The van der Waals surface area contributed by atoms with E-state index in [1.54, 1.807) is 6.92 Å². The lowest BCUT2D eigenvalue weighted by Gasteiger charge is -2.18. The minimum Gasteiger partial charge on any atom is -0.508 e. The fourth-order valence-electron chi connectivity index (χ4n) is 2.83. The number of nitrogens with zero attached hydrogens (tertiary/aromatic N) is 2. The van der Waals surface area contributed by atoms with Crippen LogP contribution in [-0.4, -0.2) is 33.0 Å². The number of amides is 2. The Hall–Kier alpha value is -3.62. The molecule has 9 nitrogen and oxygen atoms in total. The lowest BCUT2D eigenvalue weighted by molar-refractivity contribution is -0.384. The Bertz CT molecular complexity index is 927. The van der Waals surface area contributed by atoms with Crippen LogP contribution < -0.4 is 10.2 Å². The minimum atomic E-state index is -0.914. The highest BCUT2D eigenvalue weighted by atomic mass is 16.6. The molecule has 134 valence electrons. The van der Waals surface area contributed by atoms with Gasteiger partial charge in [-0.25, -0.2) is 4.90 Å². The number of aryl methyl sites for hydroxylation is 1. The Labute approximate surface area is 147 Å². The molecule has 1 aliphatic heterocycles. The van der Waals surface area contributed by atoms with Gasteiger partial charge < -0.3 is 15.5 Å². The zero-order valence-electron chi connectivity index (χ0n) is 13.7. The SMILES string of the molecule is Cc1cc(O)ccc1N1C(=O)CC(Nc2ccc([N+](=O)[O-])cc2O)C1=O. The molecular weight excluding hydrogens is 342 g/mol. The fourth-order valence-corrected chi connectivity index (χ4v) is 2.83. The third kappa shape index (κ3) is 3.02. The average molecular weight is 357 g/mol. The van der Waals surface area contributed by atoms with E-state index >= 15 is 0 Å². The predicted molar refractivity (Wildman–Crippen MR) is 92.1 cm³/mol. The van der Waals surface area contributed by atoms with Crippen LogP contribution in [0.3, 0.4) is 0 Å². The number of anilines is 2. The number of non-ortho nitro benzene ring substituents is 1. The molecule has 0 bridgehead atoms. The van der Waals surface area contributed by atoms with Crippen molar-refractivity contribution < 1.29 is 24.7 Å². The van der Waals surface area contributed by atoms with Crippen molar-refractivity contribution in [2.45, 2.75) is 19.4 Å². The number of rotatable bonds is 4. The molecule has 26 heavy (non-hydrogen) atoms. The summed E-state index contributed by atoms with van der Waals surface area (Å²) in [6.07, 6.45) is -0.129. The van der Waals surface area contributed by atoms with Gasteiger partial charge >= 0.3 is 0 Å². The van der Waals surface area contributed by atoms with Crippen LogP contribution >= 0.6 is 0 Å². The lowest BCUT2D eigenvalue weighted by atomic mass is 10.1. The Balaban J connectivity index is 1.84. The molecule has 9 heteroatoms. The summed E-state index contributed by atoms with van der Waals surface area (Å²) in [6, 6.07) is 6.82. The van der Waals surface area contributed by atoms with Crippen molar-refractivity contribution in [2.75, 3.05) is 10.2 Å². The fraction of sp³-hybridized carbons (Fsp3) is 0.176. The van der Waals surface area contributed by atoms with Gasteiger partial charge in [-0.3, -0.25) is 19.7 Å². The zero-order chi connectivity index (χ0) is 19.0. The first-order chi connectivity index (χ1) is 12.3. The van der Waals surface area contributed by atoms with Crippen LogP contribution in [0, 0.1) is 17.0 Å². The van der Waals surface area contributed by atoms with Crippen LogP contribution in [0.4, 0.5) is 17.1 Å². The predicted octanol–water partition coefficient (Wildman–Crippen LogP) is 2.06. The number of nitro benzene ring substituents is 1. The summed E-state index contributed by atoms with van der Waals surface area (Å²) >= 11 is 0. The molecule has 1 saturated heterocycles. The van der Waals surface area contributed by atoms with Crippen LogP contribution in [-0.2, 0) is 9.59 Å². The Morgan fingerprint density at radius 3 is 2.54 bits per heavy atom. The lowest BCUT2D eigenvalue weighted by Crippen LogP contribution is -2.35. The quantitative estimate of drug-likeness (QED) is 0.330. The minimum absolute atomic E-state index is 0.0239. The van der Waals surface area contributed by atoms with Crippen molar-refractivity contribution in [3.05, 3.63) is 52.1 Å². The Morgan fingerprint density at radius 2 is 1.92 bits per heavy atom. The van der Waals surface area contributed by atoms with E-state index in [-0.39, 0.29) is 23.5 Å². The number of benzene rings is 2. The number of hydrogen-bond acceptors (Lipinski definition) is 7. The van der Waals surface area contributed by atoms with Crippen LogP contribution in [0.25, 0.3) is 0 Å². The molecule has 2 aromatic carbocycles. The molecule has 1 aliphatic rings. The largest absolute Gasteiger partial charge is 0.508 e. The van der Waals surface area contributed by atoms with E-state index in [1.165, 1.54) is 30.3 Å². The van der Waals surface area contributed by atoms with E-state index in [2.05, 4.69) is 5.32 Å². The first kappa shape index (κ1) is 17.2. The Kier molecular flexibility index (Phi) is 4.21. The summed E-state index contributed by atoms with van der Waals surface area (Å²) in [5.74, 6) is -1.31. The van der Waals surface area contributed by atoms with Crippen molar-refractivity contribution in [3.63, 3.8) is 0 Å². The van der Waals surface area contributed by atoms with Gasteiger partial charge in [-0.2, -0.15) is 0 Å². The second-order valence-corrected chi connectivity index (χ2v) is 5.90. The monoisotopic (exact) mass is 357 g/mol. The molecule has 2 amide bonds. The zero-order valence-corrected chi connectivity index (χ0v) is 13.7. The van der Waals surface area contributed by atoms with E-state index in [9.17, 15) is 29.9 Å². The molecule has 0 spiro atoms. The molecule has 1 atom stereocenters. The van der Waals surface area contributed by atoms with E-state index in [4.69, 9.17) is 0 Å². The number of nitro groups is 1. The van der Waals surface area contributed by atoms with E-state index in [1.807, 2.05) is 0 Å². The van der Waals surface area contributed by atoms with E-state index in [0.717, 1.165) is 11.0 Å². The number of nitrogens with one attached hydrogen (secondary N) is 1. The molecule has 3 N–H and O–H groups in total. The molecule has 0 radical (unpaired) electrons. The van der Waals surface area contributed by atoms with Gasteiger partial charge in [-0.15, -0.1) is 0 Å². The maximum atomic E-state index is 12.6. The molecule has 1 heterocycles. The summed E-state index contributed by atoms with van der Waals surface area (Å²) < 4.78 is 0. The highest BCUT2D eigenvalue weighted by molar-refractivity contribution is 6.23. The summed E-state index contributed by atoms with van der Waals surface area (Å²) in [6.45, 7) is 1.67. The standard InChI is InChI=1S/C17H15N3O6/c1-9-6-11(21)3-5-14(9)19-16(23)8-13(17(19)24)18-12-4-2-10(20(25)26)7-15(12)22/h2-7,13,18,21-22H,8H2,1H3. The average Bonchev–Trinajstić information content (AvgIpc) is 2.84. The van der Waals surface area contributed by atoms with Gasteiger partial charge in [0.1, 0.15) is 17.5 Å². The van der Waals surface area contributed by atoms with Crippen molar-refractivity contribution in [2.24, 2.45) is 0 Å². The van der Waals surface area contributed by atoms with Gasteiger partial charge in [-0.05, 0) is 36.8 Å². The van der Waals surface area contributed by atoms with Crippen molar-refractivity contribution in [1.29, 1.82) is 0 Å². The maximum absolute atomic E-state index is 12.6. The first-order valence-electron chi connectivity index (χ1n) is 7.68. The van der Waals surface area contributed by atoms with Crippen molar-refractivity contribution in [1.82, 2.24) is 0 Å². The number of aromatic hydroxyl groups is 2. The van der Waals surface area contributed by atoms with E-state index < -0.39 is 28.5 Å². The number of phenols is 2. The smallest absolute Gasteiger partial charge is 0.273 e. The third-order valence-corrected chi connectivity index (χ3v) is 4.09. The van der Waals surface area contributed by atoms with Crippen LogP contribution in [0.15, 0.2) is 36.4 Å². The molecule has 1 unspecified atom stereocenters. The summed E-state index contributed by atoms with van der Waals surface area (Å²) in [5.41, 5.74) is 0.759. The summed E-state index contributed by atoms with van der Waals surface area (Å²) in [5, 5.41) is 32.8.